The van der Waals surface area contributed by atoms with E-state index in [0.717, 1.165) is 12.8 Å². The van der Waals surface area contributed by atoms with Crippen LogP contribution in [0, 0.1) is 17.0 Å². The number of carbonyl (C=O) groups excluding carboxylic acids is 1. The Balaban J connectivity index is 1.94. The number of hydrogen-bond acceptors (Lipinski definition) is 6. The van der Waals surface area contributed by atoms with E-state index < -0.39 is 10.8 Å². The minimum atomic E-state index is -0.567. The molecule has 160 valence electrons. The van der Waals surface area contributed by atoms with Crippen molar-refractivity contribution in [2.24, 2.45) is 5.10 Å². The summed E-state index contributed by atoms with van der Waals surface area (Å²) in [5.41, 5.74) is 3.75. The number of aryl methyl sites for hydroxylation is 2. The summed E-state index contributed by atoms with van der Waals surface area (Å²) in [7, 11) is 0. The van der Waals surface area contributed by atoms with Gasteiger partial charge in [-0.25, -0.2) is 10.1 Å². The molecule has 0 unspecified atom stereocenters. The second kappa shape index (κ2) is 9.29. The number of amides is 1. The first-order valence-electron chi connectivity index (χ1n) is 9.93. The Hall–Kier alpha value is -3.88. The van der Waals surface area contributed by atoms with E-state index in [1.165, 1.54) is 10.7 Å². The highest BCUT2D eigenvalue weighted by atomic mass is 16.6. The fraction of sp³-hybridized carbons (Fsp3) is 0.273. The normalized spacial score (nSPS) is 11.5. The van der Waals surface area contributed by atoms with Crippen LogP contribution in [0.5, 0.6) is 0 Å². The fourth-order valence-corrected chi connectivity index (χ4v) is 3.15. The van der Waals surface area contributed by atoms with Gasteiger partial charge in [0.2, 0.25) is 0 Å². The topological polar surface area (TPSA) is 119 Å². The molecule has 0 fully saturated rings. The van der Waals surface area contributed by atoms with Crippen LogP contribution in [0.1, 0.15) is 48.3 Å². The highest BCUT2D eigenvalue weighted by molar-refractivity contribution is 6.06. The second-order valence-electron chi connectivity index (χ2n) is 7.17. The van der Waals surface area contributed by atoms with Gasteiger partial charge in [0, 0.05) is 29.1 Å². The number of carbonyl (C=O) groups is 1. The first-order chi connectivity index (χ1) is 14.8. The number of nitrogens with one attached hydrogen (secondary N) is 1. The molecule has 1 heterocycles. The number of unbranched alkanes of at least 4 members (excludes halogenated alkanes) is 1. The van der Waals surface area contributed by atoms with Crippen LogP contribution in [0.2, 0.25) is 0 Å². The number of nitrogens with zero attached hydrogens (tertiary/aromatic N) is 4. The third-order valence-electron chi connectivity index (χ3n) is 4.96. The van der Waals surface area contributed by atoms with Crippen molar-refractivity contribution in [3.05, 3.63) is 79.8 Å². The molecule has 2 aromatic carbocycles. The predicted octanol–water partition coefficient (Wildman–Crippen LogP) is 3.57. The molecule has 0 atom stereocenters. The van der Waals surface area contributed by atoms with Gasteiger partial charge < -0.3 is 0 Å². The van der Waals surface area contributed by atoms with Gasteiger partial charge in [-0.1, -0.05) is 43.7 Å². The van der Waals surface area contributed by atoms with E-state index >= 15 is 0 Å². The lowest BCUT2D eigenvalue weighted by atomic mass is 10.1. The Morgan fingerprint density at radius 2 is 1.94 bits per heavy atom. The van der Waals surface area contributed by atoms with Gasteiger partial charge in [0.15, 0.2) is 5.69 Å². The van der Waals surface area contributed by atoms with E-state index in [-0.39, 0.29) is 16.9 Å². The van der Waals surface area contributed by atoms with Crippen LogP contribution in [-0.2, 0) is 6.54 Å². The summed E-state index contributed by atoms with van der Waals surface area (Å²) in [5.74, 6) is -0.567. The quantitative estimate of drug-likeness (QED) is 0.355. The van der Waals surface area contributed by atoms with Crippen LogP contribution in [0.25, 0.3) is 10.8 Å². The number of hydrazone groups is 1. The summed E-state index contributed by atoms with van der Waals surface area (Å²) in [4.78, 5) is 36.2. The summed E-state index contributed by atoms with van der Waals surface area (Å²) in [6, 6.07) is 11.6. The predicted molar refractivity (Wildman–Crippen MR) is 118 cm³/mol. The molecule has 0 bridgehead atoms. The van der Waals surface area contributed by atoms with Crippen LogP contribution in [0.4, 0.5) is 5.69 Å². The molecule has 0 saturated carbocycles. The maximum atomic E-state index is 12.9. The van der Waals surface area contributed by atoms with Gasteiger partial charge in [-0.15, -0.1) is 0 Å². The lowest BCUT2D eigenvalue weighted by Gasteiger charge is -2.10. The number of aromatic nitrogens is 2. The number of fused-ring (bicyclic) bond motifs is 1. The molecule has 0 radical (unpaired) electrons. The first kappa shape index (κ1) is 21.8. The largest absolute Gasteiger partial charge is 0.292 e. The average Bonchev–Trinajstić information content (AvgIpc) is 2.77. The van der Waals surface area contributed by atoms with Crippen LogP contribution in [-0.4, -0.2) is 26.3 Å². The maximum absolute atomic E-state index is 12.9. The summed E-state index contributed by atoms with van der Waals surface area (Å²) in [5, 5.41) is 20.4. The van der Waals surface area contributed by atoms with Gasteiger partial charge >= 0.3 is 0 Å². The molecule has 9 heteroatoms. The Labute approximate surface area is 178 Å². The first-order valence-corrected chi connectivity index (χ1v) is 9.93. The Bertz CT molecular complexity index is 1250. The molecule has 0 aliphatic carbocycles. The number of rotatable bonds is 7. The standard InChI is InChI=1S/C22H23N5O4/c1-4-5-12-26-22(29)18-9-7-6-8-17(18)20(25-26)21(28)24-23-15(3)16-11-10-14(2)19(13-16)27(30)31/h6-11,13H,4-5,12H2,1-3H3,(H,24,28)/b23-15+. The molecule has 0 aliphatic heterocycles. The third-order valence-corrected chi connectivity index (χ3v) is 4.96. The Kier molecular flexibility index (Phi) is 6.54. The number of nitro benzene ring substituents is 1. The number of hydrogen-bond donors (Lipinski definition) is 1. The average molecular weight is 421 g/mol. The van der Waals surface area contributed by atoms with Gasteiger partial charge in [-0.2, -0.15) is 10.2 Å². The number of nitro groups is 1. The minimum Gasteiger partial charge on any atom is -0.267 e. The van der Waals surface area contributed by atoms with Crippen molar-refractivity contribution >= 4 is 28.1 Å². The third kappa shape index (κ3) is 4.66. The van der Waals surface area contributed by atoms with Crippen molar-refractivity contribution in [2.45, 2.75) is 40.2 Å². The smallest absolute Gasteiger partial charge is 0.267 e. The molecule has 0 spiro atoms. The van der Waals surface area contributed by atoms with Crippen molar-refractivity contribution < 1.29 is 9.72 Å². The van der Waals surface area contributed by atoms with Crippen LogP contribution in [0.15, 0.2) is 52.4 Å². The molecule has 9 nitrogen and oxygen atoms in total. The SMILES string of the molecule is CCCCn1nc(C(=O)N/N=C(\C)c2ccc(C)c([N+](=O)[O-])c2)c2ccccc2c1=O. The Morgan fingerprint density at radius 1 is 1.23 bits per heavy atom. The van der Waals surface area contributed by atoms with E-state index in [2.05, 4.69) is 15.6 Å². The Morgan fingerprint density at radius 3 is 2.61 bits per heavy atom. The van der Waals surface area contributed by atoms with E-state index in [4.69, 9.17) is 0 Å². The van der Waals surface area contributed by atoms with Gasteiger partial charge in [0.25, 0.3) is 17.2 Å². The van der Waals surface area contributed by atoms with E-state index in [1.807, 2.05) is 6.92 Å². The van der Waals surface area contributed by atoms with Crippen molar-refractivity contribution in [3.63, 3.8) is 0 Å². The molecule has 1 aromatic heterocycles. The zero-order chi connectivity index (χ0) is 22.5. The van der Waals surface area contributed by atoms with Gasteiger partial charge in [-0.05, 0) is 26.3 Å². The van der Waals surface area contributed by atoms with Crippen LogP contribution >= 0.6 is 0 Å². The van der Waals surface area contributed by atoms with Gasteiger partial charge in [-0.3, -0.25) is 19.7 Å². The van der Waals surface area contributed by atoms with E-state index in [1.54, 1.807) is 50.2 Å². The van der Waals surface area contributed by atoms with Crippen molar-refractivity contribution in [3.8, 4) is 0 Å². The molecule has 1 N–H and O–H groups in total. The highest BCUT2D eigenvalue weighted by Gasteiger charge is 2.17. The fourth-order valence-electron chi connectivity index (χ4n) is 3.15. The summed E-state index contributed by atoms with van der Waals surface area (Å²) in [6.45, 7) is 5.71. The molecule has 3 rings (SSSR count). The zero-order valence-electron chi connectivity index (χ0n) is 17.6. The molecule has 0 aliphatic rings. The van der Waals surface area contributed by atoms with Crippen LogP contribution < -0.4 is 11.0 Å². The lowest BCUT2D eigenvalue weighted by Crippen LogP contribution is -2.29. The van der Waals surface area contributed by atoms with Crippen LogP contribution in [0.3, 0.4) is 0 Å². The van der Waals surface area contributed by atoms with Crippen molar-refractivity contribution in [2.75, 3.05) is 0 Å². The highest BCUT2D eigenvalue weighted by Crippen LogP contribution is 2.20. The summed E-state index contributed by atoms with van der Waals surface area (Å²) < 4.78 is 1.31. The molecule has 31 heavy (non-hydrogen) atoms. The molecule has 3 aromatic rings. The van der Waals surface area contributed by atoms with E-state index in [9.17, 15) is 19.7 Å². The lowest BCUT2D eigenvalue weighted by molar-refractivity contribution is -0.385. The summed E-state index contributed by atoms with van der Waals surface area (Å²) in [6.07, 6.45) is 1.64. The van der Waals surface area contributed by atoms with Crippen molar-refractivity contribution in [1.82, 2.24) is 15.2 Å². The zero-order valence-corrected chi connectivity index (χ0v) is 17.6. The molecular weight excluding hydrogens is 398 g/mol. The maximum Gasteiger partial charge on any atom is 0.292 e. The van der Waals surface area contributed by atoms with Gasteiger partial charge in [0.05, 0.1) is 16.0 Å². The monoisotopic (exact) mass is 421 g/mol. The molecule has 0 saturated heterocycles. The number of benzene rings is 2. The molecular formula is C22H23N5O4. The summed E-state index contributed by atoms with van der Waals surface area (Å²) >= 11 is 0. The molecule has 1 amide bonds. The van der Waals surface area contributed by atoms with Crippen molar-refractivity contribution in [1.29, 1.82) is 0 Å². The second-order valence-corrected chi connectivity index (χ2v) is 7.17. The van der Waals surface area contributed by atoms with Gasteiger partial charge in [0.1, 0.15) is 0 Å². The van der Waals surface area contributed by atoms with E-state index in [0.29, 0.717) is 34.2 Å². The minimum absolute atomic E-state index is 0.0194.